The predicted molar refractivity (Wildman–Crippen MR) is 78.0 cm³/mol. The number of rotatable bonds is 5. The van der Waals surface area contributed by atoms with Crippen LogP contribution in [-0.2, 0) is 14.3 Å². The fraction of sp³-hybridized carbons (Fsp3) is 0.846. The van der Waals surface area contributed by atoms with E-state index in [4.69, 9.17) is 9.47 Å². The number of esters is 1. The number of amides is 1. The van der Waals surface area contributed by atoms with E-state index in [1.807, 2.05) is 0 Å². The van der Waals surface area contributed by atoms with Gasteiger partial charge in [0.05, 0.1) is 20.2 Å². The van der Waals surface area contributed by atoms with Crippen LogP contribution in [0.5, 0.6) is 0 Å². The summed E-state index contributed by atoms with van der Waals surface area (Å²) in [6.07, 6.45) is -0.500. The highest BCUT2D eigenvalue weighted by Gasteiger charge is 2.34. The van der Waals surface area contributed by atoms with Crippen LogP contribution in [-0.4, -0.2) is 38.9 Å². The summed E-state index contributed by atoms with van der Waals surface area (Å²) in [5, 5.41) is 2.66. The van der Waals surface area contributed by atoms with E-state index in [0.29, 0.717) is 6.61 Å². The number of hydrogen-bond acceptors (Lipinski definition) is 4. The second-order valence-electron chi connectivity index (χ2n) is 6.55. The highest BCUT2D eigenvalue weighted by molar-refractivity contribution is 6.80. The molecule has 0 aromatic heterocycles. The third kappa shape index (κ3) is 7.87. The summed E-state index contributed by atoms with van der Waals surface area (Å²) >= 11 is 0. The van der Waals surface area contributed by atoms with E-state index >= 15 is 0 Å². The van der Waals surface area contributed by atoms with Crippen LogP contribution in [0.2, 0.25) is 25.2 Å². The lowest BCUT2D eigenvalue weighted by Gasteiger charge is -2.27. The molecule has 0 bridgehead atoms. The second-order valence-corrected chi connectivity index (χ2v) is 12.0. The van der Waals surface area contributed by atoms with Crippen molar-refractivity contribution in [1.29, 1.82) is 0 Å². The molecule has 0 radical (unpaired) electrons. The second kappa shape index (κ2) is 6.93. The Hall–Kier alpha value is -1.04. The first-order valence-electron chi connectivity index (χ1n) is 6.61. The van der Waals surface area contributed by atoms with Crippen molar-refractivity contribution >= 4 is 20.1 Å². The number of alkyl carbamates (subject to hydrolysis) is 1. The van der Waals surface area contributed by atoms with Gasteiger partial charge >= 0.3 is 12.1 Å². The van der Waals surface area contributed by atoms with Crippen molar-refractivity contribution in [2.45, 2.75) is 58.5 Å². The van der Waals surface area contributed by atoms with Crippen molar-refractivity contribution in [3.8, 4) is 0 Å². The Morgan fingerprint density at radius 2 is 1.74 bits per heavy atom. The summed E-state index contributed by atoms with van der Waals surface area (Å²) in [6.45, 7) is 14.0. The van der Waals surface area contributed by atoms with Gasteiger partial charge in [-0.2, -0.15) is 0 Å². The average Bonchev–Trinajstić information content (AvgIpc) is 2.12. The van der Waals surface area contributed by atoms with E-state index in [-0.39, 0.29) is 18.1 Å². The molecule has 1 atom stereocenters. The summed E-state index contributed by atoms with van der Waals surface area (Å²) in [5.41, 5.74) is -0.803. The maximum Gasteiger partial charge on any atom is 0.407 e. The maximum absolute atomic E-state index is 11.9. The van der Waals surface area contributed by atoms with Crippen molar-refractivity contribution in [1.82, 2.24) is 5.32 Å². The summed E-state index contributed by atoms with van der Waals surface area (Å²) in [6, 6.07) is 0. The van der Waals surface area contributed by atoms with E-state index in [1.54, 1.807) is 27.7 Å². The monoisotopic (exact) mass is 289 g/mol. The van der Waals surface area contributed by atoms with E-state index in [9.17, 15) is 9.59 Å². The molecule has 1 unspecified atom stereocenters. The van der Waals surface area contributed by atoms with Crippen LogP contribution in [0.3, 0.4) is 0 Å². The standard InChI is InChI=1S/C13H27NO4Si/c1-8-17-11(15)10(19(5,6)7)9-14-12(16)18-13(2,3)4/h10H,8-9H2,1-7H3,(H,14,16). The van der Waals surface area contributed by atoms with Gasteiger partial charge in [-0.1, -0.05) is 19.6 Å². The Morgan fingerprint density at radius 1 is 1.21 bits per heavy atom. The van der Waals surface area contributed by atoms with Gasteiger partial charge in [-0.3, -0.25) is 4.79 Å². The van der Waals surface area contributed by atoms with E-state index in [1.165, 1.54) is 0 Å². The van der Waals surface area contributed by atoms with Gasteiger partial charge in [0, 0.05) is 6.54 Å². The van der Waals surface area contributed by atoms with Crippen LogP contribution in [0.1, 0.15) is 27.7 Å². The van der Waals surface area contributed by atoms with E-state index in [0.717, 1.165) is 0 Å². The first kappa shape index (κ1) is 18.0. The largest absolute Gasteiger partial charge is 0.466 e. The quantitative estimate of drug-likeness (QED) is 0.624. The van der Waals surface area contributed by atoms with Gasteiger partial charge in [0.1, 0.15) is 5.60 Å². The van der Waals surface area contributed by atoms with Crippen LogP contribution >= 0.6 is 0 Å². The molecule has 0 fully saturated rings. The molecule has 0 spiro atoms. The fourth-order valence-electron chi connectivity index (χ4n) is 1.49. The average molecular weight is 289 g/mol. The molecule has 0 saturated carbocycles. The smallest absolute Gasteiger partial charge is 0.407 e. The first-order valence-corrected chi connectivity index (χ1v) is 10.2. The summed E-state index contributed by atoms with van der Waals surface area (Å²) < 4.78 is 10.2. The van der Waals surface area contributed by atoms with Crippen molar-refractivity contribution in [3.63, 3.8) is 0 Å². The molecule has 1 N–H and O–H groups in total. The van der Waals surface area contributed by atoms with Crippen molar-refractivity contribution in [2.24, 2.45) is 0 Å². The van der Waals surface area contributed by atoms with Crippen molar-refractivity contribution in [2.75, 3.05) is 13.2 Å². The summed E-state index contributed by atoms with van der Waals surface area (Å²) in [7, 11) is -1.76. The number of nitrogens with one attached hydrogen (secondary N) is 1. The molecular weight excluding hydrogens is 262 g/mol. The third-order valence-electron chi connectivity index (χ3n) is 2.47. The molecule has 112 valence electrons. The Morgan fingerprint density at radius 3 is 2.11 bits per heavy atom. The highest BCUT2D eigenvalue weighted by Crippen LogP contribution is 2.22. The van der Waals surface area contributed by atoms with Crippen LogP contribution in [0.15, 0.2) is 0 Å². The van der Waals surface area contributed by atoms with Gasteiger partial charge in [-0.25, -0.2) is 4.79 Å². The van der Waals surface area contributed by atoms with E-state index in [2.05, 4.69) is 25.0 Å². The van der Waals surface area contributed by atoms with Crippen LogP contribution in [0.25, 0.3) is 0 Å². The lowest BCUT2D eigenvalue weighted by Crippen LogP contribution is -2.43. The molecule has 0 rings (SSSR count). The minimum Gasteiger partial charge on any atom is -0.466 e. The normalized spacial score (nSPS) is 13.6. The summed E-state index contributed by atoms with van der Waals surface area (Å²) in [4.78, 5) is 23.5. The fourth-order valence-corrected chi connectivity index (χ4v) is 2.99. The maximum atomic E-state index is 11.9. The zero-order chi connectivity index (χ0) is 15.3. The summed E-state index contributed by atoms with van der Waals surface area (Å²) in [5.74, 6) is -0.238. The molecular formula is C13H27NO4Si. The van der Waals surface area contributed by atoms with Gasteiger partial charge in [0.15, 0.2) is 0 Å². The number of carbonyl (C=O) groups excluding carboxylic acids is 2. The van der Waals surface area contributed by atoms with Crippen molar-refractivity contribution in [3.05, 3.63) is 0 Å². The van der Waals surface area contributed by atoms with Crippen LogP contribution in [0.4, 0.5) is 4.79 Å². The van der Waals surface area contributed by atoms with E-state index < -0.39 is 19.8 Å². The lowest BCUT2D eigenvalue weighted by atomic mass is 10.2. The Kier molecular flexibility index (Phi) is 6.55. The Balaban J connectivity index is 4.52. The van der Waals surface area contributed by atoms with Crippen LogP contribution in [0, 0.1) is 0 Å². The zero-order valence-electron chi connectivity index (χ0n) is 13.1. The molecule has 0 aromatic carbocycles. The molecule has 0 aliphatic carbocycles. The van der Waals surface area contributed by atoms with Gasteiger partial charge in [-0.15, -0.1) is 0 Å². The predicted octanol–water partition coefficient (Wildman–Crippen LogP) is 2.78. The minimum atomic E-state index is -1.76. The molecule has 0 heterocycles. The third-order valence-corrected chi connectivity index (χ3v) is 5.00. The van der Waals surface area contributed by atoms with Crippen molar-refractivity contribution < 1.29 is 19.1 Å². The van der Waals surface area contributed by atoms with Gasteiger partial charge < -0.3 is 14.8 Å². The van der Waals surface area contributed by atoms with Gasteiger partial charge in [0.2, 0.25) is 0 Å². The minimum absolute atomic E-state index is 0.238. The Bertz CT molecular complexity index is 318. The van der Waals surface area contributed by atoms with Gasteiger partial charge in [0.25, 0.3) is 0 Å². The first-order chi connectivity index (χ1) is 8.47. The molecule has 5 nitrogen and oxygen atoms in total. The van der Waals surface area contributed by atoms with Crippen LogP contribution < -0.4 is 5.32 Å². The molecule has 6 heteroatoms. The SMILES string of the molecule is CCOC(=O)C(CNC(=O)OC(C)(C)C)[Si](C)(C)C. The zero-order valence-corrected chi connectivity index (χ0v) is 14.1. The number of hydrogen-bond donors (Lipinski definition) is 1. The molecule has 19 heavy (non-hydrogen) atoms. The number of ether oxygens (including phenoxy) is 2. The number of carbonyl (C=O) groups is 2. The Labute approximate surface area is 117 Å². The van der Waals surface area contributed by atoms with Gasteiger partial charge in [-0.05, 0) is 27.7 Å². The topological polar surface area (TPSA) is 64.6 Å². The molecule has 0 aromatic rings. The molecule has 1 amide bonds. The molecule has 0 aliphatic heterocycles. The molecule has 0 saturated heterocycles. The molecule has 0 aliphatic rings. The lowest BCUT2D eigenvalue weighted by molar-refractivity contribution is -0.143. The highest BCUT2D eigenvalue weighted by atomic mass is 28.3.